The van der Waals surface area contributed by atoms with Crippen molar-refractivity contribution in [2.24, 2.45) is 0 Å². The molecule has 0 N–H and O–H groups in total. The molecule has 3 aromatic carbocycles. The van der Waals surface area contributed by atoms with E-state index >= 15 is 0 Å². The van der Waals surface area contributed by atoms with Gasteiger partial charge in [0, 0.05) is 36.5 Å². The Kier molecular flexibility index (Phi) is 7.04. The van der Waals surface area contributed by atoms with E-state index in [0.717, 1.165) is 11.1 Å². The molecule has 0 aliphatic carbocycles. The van der Waals surface area contributed by atoms with Gasteiger partial charge in [-0.15, -0.1) is 0 Å². The maximum Gasteiger partial charge on any atom is 0.304 e. The van der Waals surface area contributed by atoms with Crippen LogP contribution < -0.4 is 0 Å². The molecule has 0 aromatic heterocycles. The fourth-order valence-corrected chi connectivity index (χ4v) is 3.00. The van der Waals surface area contributed by atoms with Gasteiger partial charge < -0.3 is 4.74 Å². The van der Waals surface area contributed by atoms with Crippen LogP contribution >= 0.6 is 0 Å². The van der Waals surface area contributed by atoms with E-state index in [9.17, 15) is 9.18 Å². The van der Waals surface area contributed by atoms with Gasteiger partial charge in [0.15, 0.2) is 5.60 Å². The summed E-state index contributed by atoms with van der Waals surface area (Å²) in [5.74, 6) is 11.7. The molecule has 3 aromatic rings. The van der Waals surface area contributed by atoms with E-state index in [1.165, 1.54) is 19.1 Å². The highest BCUT2D eigenvalue weighted by molar-refractivity contribution is 5.67. The first-order valence-electron chi connectivity index (χ1n) is 9.65. The van der Waals surface area contributed by atoms with Crippen molar-refractivity contribution in [3.05, 3.63) is 107 Å². The van der Waals surface area contributed by atoms with Crippen LogP contribution in [0.3, 0.4) is 0 Å². The van der Waals surface area contributed by atoms with E-state index < -0.39 is 11.6 Å². The van der Waals surface area contributed by atoms with Crippen LogP contribution in [0.25, 0.3) is 0 Å². The molecule has 0 radical (unpaired) electrons. The lowest BCUT2D eigenvalue weighted by Crippen LogP contribution is -2.30. The second-order valence-electron chi connectivity index (χ2n) is 6.71. The van der Waals surface area contributed by atoms with Gasteiger partial charge in [0.2, 0.25) is 0 Å². The van der Waals surface area contributed by atoms with Crippen LogP contribution in [0.4, 0.5) is 4.39 Å². The zero-order valence-electron chi connectivity index (χ0n) is 16.7. The molecule has 0 amide bonds. The molecular formula is C27H21FO2. The Morgan fingerprint density at radius 2 is 1.47 bits per heavy atom. The van der Waals surface area contributed by atoms with Crippen molar-refractivity contribution < 1.29 is 13.9 Å². The Labute approximate surface area is 176 Å². The minimum Gasteiger partial charge on any atom is -0.442 e. The van der Waals surface area contributed by atoms with Crippen molar-refractivity contribution in [1.29, 1.82) is 0 Å². The summed E-state index contributed by atoms with van der Waals surface area (Å²) in [7, 11) is 0. The van der Waals surface area contributed by atoms with Crippen LogP contribution in [0.5, 0.6) is 0 Å². The van der Waals surface area contributed by atoms with Crippen LogP contribution in [-0.4, -0.2) is 5.97 Å². The van der Waals surface area contributed by atoms with E-state index in [1.54, 1.807) is 12.1 Å². The molecule has 0 heterocycles. The SMILES string of the molecule is CC(=O)OC(C#Cc1ccc(F)cc1)(CCC#Cc1ccccc1)c1ccccc1. The Bertz CT molecular complexity index is 1100. The number of esters is 1. The predicted molar refractivity (Wildman–Crippen MR) is 116 cm³/mol. The van der Waals surface area contributed by atoms with Gasteiger partial charge in [0.05, 0.1) is 0 Å². The maximum atomic E-state index is 13.2. The van der Waals surface area contributed by atoms with Gasteiger partial charge in [-0.2, -0.15) is 0 Å². The third-order valence-corrected chi connectivity index (χ3v) is 4.42. The summed E-state index contributed by atoms with van der Waals surface area (Å²) in [6.07, 6.45) is 0.889. The molecule has 3 heteroatoms. The molecule has 0 fully saturated rings. The lowest BCUT2D eigenvalue weighted by molar-refractivity contribution is -0.152. The molecule has 0 saturated heterocycles. The summed E-state index contributed by atoms with van der Waals surface area (Å²) in [6, 6.07) is 25.0. The third-order valence-electron chi connectivity index (χ3n) is 4.42. The lowest BCUT2D eigenvalue weighted by Gasteiger charge is -2.28. The molecular weight excluding hydrogens is 375 g/mol. The minimum atomic E-state index is -1.15. The average Bonchev–Trinajstić information content (AvgIpc) is 2.77. The second kappa shape index (κ2) is 10.1. The molecule has 148 valence electrons. The van der Waals surface area contributed by atoms with E-state index in [1.807, 2.05) is 60.7 Å². The average molecular weight is 396 g/mol. The molecule has 1 atom stereocenters. The predicted octanol–water partition coefficient (Wildman–Crippen LogP) is 5.47. The number of rotatable bonds is 4. The normalized spacial score (nSPS) is 11.8. The first-order chi connectivity index (χ1) is 14.6. The van der Waals surface area contributed by atoms with E-state index in [0.29, 0.717) is 18.4 Å². The summed E-state index contributed by atoms with van der Waals surface area (Å²) in [5, 5.41) is 0. The van der Waals surface area contributed by atoms with Gasteiger partial charge in [-0.05, 0) is 42.3 Å². The summed E-state index contributed by atoms with van der Waals surface area (Å²) in [4.78, 5) is 12.0. The first-order valence-corrected chi connectivity index (χ1v) is 9.65. The van der Waals surface area contributed by atoms with Crippen LogP contribution in [0.1, 0.15) is 36.5 Å². The molecule has 30 heavy (non-hydrogen) atoms. The van der Waals surface area contributed by atoms with Gasteiger partial charge >= 0.3 is 5.97 Å². The van der Waals surface area contributed by atoms with Crippen molar-refractivity contribution in [2.45, 2.75) is 25.4 Å². The molecule has 0 aliphatic rings. The van der Waals surface area contributed by atoms with Gasteiger partial charge in [-0.3, -0.25) is 4.79 Å². The fraction of sp³-hybridized carbons (Fsp3) is 0.148. The number of hydrogen-bond acceptors (Lipinski definition) is 2. The monoisotopic (exact) mass is 396 g/mol. The molecule has 0 bridgehead atoms. The van der Waals surface area contributed by atoms with Crippen molar-refractivity contribution in [3.63, 3.8) is 0 Å². The summed E-state index contributed by atoms with van der Waals surface area (Å²) < 4.78 is 19.0. The van der Waals surface area contributed by atoms with Gasteiger partial charge in [0.1, 0.15) is 5.82 Å². The molecule has 0 spiro atoms. The van der Waals surface area contributed by atoms with Crippen LogP contribution in [0.15, 0.2) is 84.9 Å². The number of ether oxygens (including phenoxy) is 1. The summed E-state index contributed by atoms with van der Waals surface area (Å²) >= 11 is 0. The zero-order chi connectivity index (χ0) is 21.2. The number of benzene rings is 3. The molecule has 1 unspecified atom stereocenters. The molecule has 2 nitrogen and oxygen atoms in total. The Balaban J connectivity index is 1.95. The summed E-state index contributed by atoms with van der Waals surface area (Å²) in [6.45, 7) is 1.37. The van der Waals surface area contributed by atoms with Crippen LogP contribution in [0, 0.1) is 29.5 Å². The standard InChI is InChI=1S/C27H21FO2/c1-22(29)30-27(25-13-6-3-7-14-25,21-19-24-15-17-26(28)18-16-24)20-9-8-12-23-10-4-2-5-11-23/h2-7,10-11,13-18H,9,20H2,1H3. The van der Waals surface area contributed by atoms with Gasteiger partial charge in [-0.25, -0.2) is 4.39 Å². The number of hydrogen-bond donors (Lipinski definition) is 0. The lowest BCUT2D eigenvalue weighted by atomic mass is 9.88. The third kappa shape index (κ3) is 5.84. The zero-order valence-corrected chi connectivity index (χ0v) is 16.7. The molecule has 0 saturated carbocycles. The van der Waals surface area contributed by atoms with E-state index in [4.69, 9.17) is 4.74 Å². The smallest absolute Gasteiger partial charge is 0.304 e. The van der Waals surface area contributed by atoms with Crippen LogP contribution in [0.2, 0.25) is 0 Å². The molecule has 3 rings (SSSR count). The van der Waals surface area contributed by atoms with E-state index in [-0.39, 0.29) is 5.82 Å². The number of halogens is 1. The topological polar surface area (TPSA) is 26.3 Å². The molecule has 0 aliphatic heterocycles. The van der Waals surface area contributed by atoms with Gasteiger partial charge in [0.25, 0.3) is 0 Å². The van der Waals surface area contributed by atoms with Crippen molar-refractivity contribution in [2.75, 3.05) is 0 Å². The largest absolute Gasteiger partial charge is 0.442 e. The van der Waals surface area contributed by atoms with Crippen LogP contribution in [-0.2, 0) is 15.1 Å². The quantitative estimate of drug-likeness (QED) is 0.432. The number of carbonyl (C=O) groups is 1. The minimum absolute atomic E-state index is 0.328. The Hall–Kier alpha value is -3.82. The highest BCUT2D eigenvalue weighted by atomic mass is 19.1. The van der Waals surface area contributed by atoms with Gasteiger partial charge in [-0.1, -0.05) is 66.3 Å². The summed E-state index contributed by atoms with van der Waals surface area (Å²) in [5.41, 5.74) is 1.19. The van der Waals surface area contributed by atoms with Crippen molar-refractivity contribution in [3.8, 4) is 23.7 Å². The highest BCUT2D eigenvalue weighted by Gasteiger charge is 2.33. The Morgan fingerprint density at radius 3 is 2.10 bits per heavy atom. The maximum absolute atomic E-state index is 13.2. The van der Waals surface area contributed by atoms with Crippen molar-refractivity contribution in [1.82, 2.24) is 0 Å². The second-order valence-corrected chi connectivity index (χ2v) is 6.71. The van der Waals surface area contributed by atoms with Crippen molar-refractivity contribution >= 4 is 5.97 Å². The number of carbonyl (C=O) groups excluding carboxylic acids is 1. The fourth-order valence-electron chi connectivity index (χ4n) is 3.00. The van der Waals surface area contributed by atoms with E-state index in [2.05, 4.69) is 23.7 Å². The Morgan fingerprint density at radius 1 is 0.867 bits per heavy atom. The highest BCUT2D eigenvalue weighted by Crippen LogP contribution is 2.31. The first kappa shape index (κ1) is 20.9.